The third-order valence-electron chi connectivity index (χ3n) is 1.88. The number of rotatable bonds is 3. The minimum atomic E-state index is 0.806. The Morgan fingerprint density at radius 3 is 2.46 bits per heavy atom. The summed E-state index contributed by atoms with van der Waals surface area (Å²) in [6, 6.07) is 8.10. The van der Waals surface area contributed by atoms with Crippen molar-refractivity contribution in [1.82, 2.24) is 0 Å². The second kappa shape index (κ2) is 4.62. The average molecular weight is 178 g/mol. The molecule has 0 heterocycles. The van der Waals surface area contributed by atoms with E-state index in [1.807, 2.05) is 38.1 Å². The topological polar surface area (TPSA) is 47.6 Å². The third-order valence-corrected chi connectivity index (χ3v) is 1.88. The molecule has 3 nitrogen and oxygen atoms in total. The predicted octanol–water partition coefficient (Wildman–Crippen LogP) is 2.00. The van der Waals surface area contributed by atoms with Crippen LogP contribution in [0.25, 0.3) is 0 Å². The van der Waals surface area contributed by atoms with Gasteiger partial charge in [0.1, 0.15) is 0 Å². The van der Waals surface area contributed by atoms with Gasteiger partial charge in [-0.1, -0.05) is 41.9 Å². The first-order valence-electron chi connectivity index (χ1n) is 4.27. The quantitative estimate of drug-likeness (QED) is 0.568. The average Bonchev–Trinajstić information content (AvgIpc) is 2.16. The Morgan fingerprint density at radius 2 is 2.00 bits per heavy atom. The summed E-state index contributed by atoms with van der Waals surface area (Å²) >= 11 is 0. The van der Waals surface area contributed by atoms with Crippen LogP contribution in [0, 0.1) is 6.92 Å². The highest BCUT2D eigenvalue weighted by Crippen LogP contribution is 2.06. The Balaban J connectivity index is 2.92. The van der Waals surface area contributed by atoms with Crippen LogP contribution in [0.2, 0.25) is 0 Å². The lowest BCUT2D eigenvalue weighted by Crippen LogP contribution is -2.02. The molecule has 0 aliphatic rings. The van der Waals surface area contributed by atoms with Crippen molar-refractivity contribution in [2.24, 2.45) is 11.1 Å². The van der Waals surface area contributed by atoms with E-state index in [1.54, 1.807) is 0 Å². The van der Waals surface area contributed by atoms with Gasteiger partial charge < -0.3 is 4.94 Å². The van der Waals surface area contributed by atoms with E-state index < -0.39 is 0 Å². The number of oxime groups is 1. The van der Waals surface area contributed by atoms with E-state index in [1.165, 1.54) is 5.56 Å². The highest BCUT2D eigenvalue weighted by atomic mass is 16.7. The molecule has 13 heavy (non-hydrogen) atoms. The zero-order valence-electron chi connectivity index (χ0n) is 7.95. The number of hydrogen-bond acceptors (Lipinski definition) is 3. The molecule has 0 atom stereocenters. The first-order valence-corrected chi connectivity index (χ1v) is 4.27. The van der Waals surface area contributed by atoms with Crippen LogP contribution in [0.15, 0.2) is 29.4 Å². The smallest absolute Gasteiger partial charge is 0.0891 e. The number of benzene rings is 1. The third kappa shape index (κ3) is 2.56. The van der Waals surface area contributed by atoms with Gasteiger partial charge in [0.05, 0.1) is 5.71 Å². The summed E-state index contributed by atoms with van der Waals surface area (Å²) in [5.74, 6) is 4.88. The minimum Gasteiger partial charge on any atom is -0.302 e. The van der Waals surface area contributed by atoms with Gasteiger partial charge in [-0.15, -0.1) is 5.90 Å². The molecule has 1 aromatic carbocycles. The molecule has 0 aliphatic heterocycles. The molecule has 0 spiro atoms. The Bertz CT molecular complexity index is 290. The molecular weight excluding hydrogens is 164 g/mol. The summed E-state index contributed by atoms with van der Waals surface area (Å²) in [5.41, 5.74) is 3.15. The van der Waals surface area contributed by atoms with Crippen molar-refractivity contribution in [1.29, 1.82) is 0 Å². The van der Waals surface area contributed by atoms with E-state index in [0.29, 0.717) is 0 Å². The zero-order chi connectivity index (χ0) is 9.68. The maximum absolute atomic E-state index is 4.88. The van der Waals surface area contributed by atoms with Crippen molar-refractivity contribution < 1.29 is 4.94 Å². The maximum Gasteiger partial charge on any atom is 0.0891 e. The summed E-state index contributed by atoms with van der Waals surface area (Å²) in [7, 11) is 0. The molecular formula is C10H14N2O. The van der Waals surface area contributed by atoms with Gasteiger partial charge in [0.15, 0.2) is 0 Å². The molecule has 3 heteroatoms. The van der Waals surface area contributed by atoms with E-state index in [9.17, 15) is 0 Å². The van der Waals surface area contributed by atoms with Gasteiger partial charge in [0.2, 0.25) is 0 Å². The highest BCUT2D eigenvalue weighted by molar-refractivity contribution is 6.00. The van der Waals surface area contributed by atoms with Crippen LogP contribution in [0.3, 0.4) is 0 Å². The summed E-state index contributed by atoms with van der Waals surface area (Å²) in [6.45, 7) is 4.06. The number of hydrogen-bond donors (Lipinski definition) is 1. The fourth-order valence-corrected chi connectivity index (χ4v) is 1.13. The van der Waals surface area contributed by atoms with Gasteiger partial charge in [-0.3, -0.25) is 0 Å². The minimum absolute atomic E-state index is 0.806. The van der Waals surface area contributed by atoms with Crippen LogP contribution in [-0.4, -0.2) is 5.71 Å². The van der Waals surface area contributed by atoms with Gasteiger partial charge in [-0.25, -0.2) is 0 Å². The molecule has 0 amide bonds. The number of aryl methyl sites for hydroxylation is 1. The number of nitrogens with two attached hydrogens (primary N) is 1. The maximum atomic E-state index is 4.88. The van der Waals surface area contributed by atoms with Crippen LogP contribution in [0.5, 0.6) is 0 Å². The first kappa shape index (κ1) is 9.74. The molecule has 0 unspecified atom stereocenters. The standard InChI is InChI=1S/C10H14N2O/c1-3-10(12-13-11)9-6-4-8(2)5-7-9/h4-7H,3,11H2,1-2H3/b12-10+. The van der Waals surface area contributed by atoms with E-state index in [2.05, 4.69) is 10.1 Å². The largest absolute Gasteiger partial charge is 0.302 e. The van der Waals surface area contributed by atoms with Gasteiger partial charge in [0, 0.05) is 0 Å². The van der Waals surface area contributed by atoms with Crippen LogP contribution in [-0.2, 0) is 4.94 Å². The van der Waals surface area contributed by atoms with E-state index in [4.69, 9.17) is 5.90 Å². The van der Waals surface area contributed by atoms with Crippen LogP contribution in [0.1, 0.15) is 24.5 Å². The van der Waals surface area contributed by atoms with E-state index in [0.717, 1.165) is 17.7 Å². The Labute approximate surface area is 78.1 Å². The van der Waals surface area contributed by atoms with Crippen molar-refractivity contribution >= 4 is 5.71 Å². The van der Waals surface area contributed by atoms with Crippen LogP contribution in [0.4, 0.5) is 0 Å². The van der Waals surface area contributed by atoms with Crippen molar-refractivity contribution in [3.8, 4) is 0 Å². The zero-order valence-corrected chi connectivity index (χ0v) is 7.95. The van der Waals surface area contributed by atoms with Crippen LogP contribution < -0.4 is 5.90 Å². The SMILES string of the molecule is CC/C(=N\ON)c1ccc(C)cc1. The molecule has 2 N–H and O–H groups in total. The Hall–Kier alpha value is -1.35. The van der Waals surface area contributed by atoms with Crippen LogP contribution >= 0.6 is 0 Å². The van der Waals surface area contributed by atoms with Gasteiger partial charge in [-0.05, 0) is 18.9 Å². The van der Waals surface area contributed by atoms with E-state index >= 15 is 0 Å². The second-order valence-electron chi connectivity index (χ2n) is 2.86. The van der Waals surface area contributed by atoms with Crippen molar-refractivity contribution in [2.45, 2.75) is 20.3 Å². The molecule has 0 fully saturated rings. The molecule has 0 bridgehead atoms. The molecule has 1 aromatic rings. The lowest BCUT2D eigenvalue weighted by molar-refractivity contribution is 0.148. The molecule has 0 radical (unpaired) electrons. The Kier molecular flexibility index (Phi) is 3.46. The summed E-state index contributed by atoms with van der Waals surface area (Å²) in [4.78, 5) is 4.27. The predicted molar refractivity (Wildman–Crippen MR) is 53.3 cm³/mol. The summed E-state index contributed by atoms with van der Waals surface area (Å²) < 4.78 is 0. The molecule has 70 valence electrons. The summed E-state index contributed by atoms with van der Waals surface area (Å²) in [5, 5.41) is 3.74. The van der Waals surface area contributed by atoms with Gasteiger partial charge in [0.25, 0.3) is 0 Å². The lowest BCUT2D eigenvalue weighted by Gasteiger charge is -2.02. The normalized spacial score (nSPS) is 11.5. The highest BCUT2D eigenvalue weighted by Gasteiger charge is 2.00. The van der Waals surface area contributed by atoms with Gasteiger partial charge in [-0.2, -0.15) is 0 Å². The molecule has 0 aliphatic carbocycles. The first-order chi connectivity index (χ1) is 6.27. The fraction of sp³-hybridized carbons (Fsp3) is 0.300. The van der Waals surface area contributed by atoms with Gasteiger partial charge >= 0.3 is 0 Å². The molecule has 1 rings (SSSR count). The number of nitrogens with zero attached hydrogens (tertiary/aromatic N) is 1. The lowest BCUT2D eigenvalue weighted by atomic mass is 10.1. The van der Waals surface area contributed by atoms with E-state index in [-0.39, 0.29) is 0 Å². The summed E-state index contributed by atoms with van der Waals surface area (Å²) in [6.07, 6.45) is 0.806. The Morgan fingerprint density at radius 1 is 1.38 bits per heavy atom. The molecule has 0 saturated heterocycles. The second-order valence-corrected chi connectivity index (χ2v) is 2.86. The van der Waals surface area contributed by atoms with Crippen molar-refractivity contribution in [3.63, 3.8) is 0 Å². The molecule has 0 saturated carbocycles. The monoisotopic (exact) mass is 178 g/mol. The van der Waals surface area contributed by atoms with Crippen molar-refractivity contribution in [2.75, 3.05) is 0 Å². The fourth-order valence-electron chi connectivity index (χ4n) is 1.13. The van der Waals surface area contributed by atoms with Crippen molar-refractivity contribution in [3.05, 3.63) is 35.4 Å². The molecule has 0 aromatic heterocycles.